The van der Waals surface area contributed by atoms with E-state index in [0.29, 0.717) is 0 Å². The van der Waals surface area contributed by atoms with E-state index in [9.17, 15) is 0 Å². The normalized spacial score (nSPS) is 12.6. The molecule has 0 aliphatic carbocycles. The number of nitrogens with one attached hydrogen (secondary N) is 1. The molecule has 0 aliphatic heterocycles. The average molecular weight is 324 g/mol. The number of rotatable bonds is 6. The summed E-state index contributed by atoms with van der Waals surface area (Å²) in [5.41, 5.74) is 1.24. The highest BCUT2D eigenvalue weighted by molar-refractivity contribution is 9.10. The van der Waals surface area contributed by atoms with Crippen LogP contribution in [0.3, 0.4) is 0 Å². The van der Waals surface area contributed by atoms with Crippen LogP contribution in [-0.2, 0) is 13.5 Å². The molecule has 1 N–H and O–H groups in total. The maximum Gasteiger partial charge on any atom is 0.176 e. The lowest BCUT2D eigenvalue weighted by Crippen LogP contribution is -2.24. The number of nitrogens with zero attached hydrogens (tertiary/aromatic N) is 4. The molecular weight excluding hydrogens is 306 g/mol. The Morgan fingerprint density at radius 1 is 1.32 bits per heavy atom. The molecule has 0 spiro atoms. The van der Waals surface area contributed by atoms with Crippen LogP contribution in [0.15, 0.2) is 28.7 Å². The third kappa shape index (κ3) is 4.11. The lowest BCUT2D eigenvalue weighted by Gasteiger charge is -2.17. The molecule has 1 heterocycles. The Morgan fingerprint density at radius 2 is 2.05 bits per heavy atom. The Labute approximate surface area is 121 Å². The second-order valence-corrected chi connectivity index (χ2v) is 5.37. The summed E-state index contributed by atoms with van der Waals surface area (Å²) in [7, 11) is 1.78. The van der Waals surface area contributed by atoms with E-state index in [1.165, 1.54) is 10.4 Å². The van der Waals surface area contributed by atoms with E-state index < -0.39 is 0 Å². The molecule has 6 heteroatoms. The second kappa shape index (κ2) is 6.77. The van der Waals surface area contributed by atoms with Crippen LogP contribution in [0.2, 0.25) is 0 Å². The Morgan fingerprint density at radius 3 is 2.63 bits per heavy atom. The number of halogens is 1. The van der Waals surface area contributed by atoms with Crippen molar-refractivity contribution >= 4 is 15.9 Å². The molecule has 2 rings (SSSR count). The van der Waals surface area contributed by atoms with Crippen molar-refractivity contribution in [2.24, 2.45) is 7.05 Å². The van der Waals surface area contributed by atoms with Crippen LogP contribution in [-0.4, -0.2) is 26.8 Å². The Kier molecular flexibility index (Phi) is 5.04. The summed E-state index contributed by atoms with van der Waals surface area (Å²) in [6.07, 6.45) is 1.84. The van der Waals surface area contributed by atoms with Crippen molar-refractivity contribution in [2.45, 2.75) is 25.8 Å². The molecule has 0 saturated carbocycles. The molecule has 0 fully saturated rings. The molecule has 5 nitrogen and oxygen atoms in total. The summed E-state index contributed by atoms with van der Waals surface area (Å²) >= 11 is 3.46. The fourth-order valence-electron chi connectivity index (χ4n) is 1.91. The summed E-state index contributed by atoms with van der Waals surface area (Å²) in [4.78, 5) is 1.49. The summed E-state index contributed by atoms with van der Waals surface area (Å²) in [5.74, 6) is 0.763. The minimum Gasteiger partial charge on any atom is -0.310 e. The van der Waals surface area contributed by atoms with Crippen molar-refractivity contribution in [3.8, 4) is 0 Å². The fraction of sp³-hybridized carbons (Fsp3) is 0.462. The highest BCUT2D eigenvalue weighted by atomic mass is 79.9. The quantitative estimate of drug-likeness (QED) is 0.885. The van der Waals surface area contributed by atoms with Gasteiger partial charge in [-0.3, -0.25) is 0 Å². The van der Waals surface area contributed by atoms with Gasteiger partial charge in [0.25, 0.3) is 0 Å². The van der Waals surface area contributed by atoms with Crippen LogP contribution >= 0.6 is 15.9 Å². The molecule has 0 aliphatic rings. The van der Waals surface area contributed by atoms with E-state index in [1.807, 2.05) is 0 Å². The topological polar surface area (TPSA) is 55.6 Å². The molecule has 19 heavy (non-hydrogen) atoms. The van der Waals surface area contributed by atoms with E-state index in [0.717, 1.165) is 29.7 Å². The first-order valence-corrected chi connectivity index (χ1v) is 7.20. The predicted molar refractivity (Wildman–Crippen MR) is 77.7 cm³/mol. The molecule has 1 aromatic heterocycles. The molecular formula is C13H18BrN5. The van der Waals surface area contributed by atoms with Gasteiger partial charge in [0.2, 0.25) is 0 Å². The predicted octanol–water partition coefficient (Wildman–Crippen LogP) is 2.26. The maximum atomic E-state index is 4.25. The average Bonchev–Trinajstić information content (AvgIpc) is 2.81. The van der Waals surface area contributed by atoms with Crippen LogP contribution in [0.4, 0.5) is 0 Å². The van der Waals surface area contributed by atoms with Crippen molar-refractivity contribution in [1.82, 2.24) is 25.5 Å². The zero-order valence-electron chi connectivity index (χ0n) is 11.2. The van der Waals surface area contributed by atoms with Gasteiger partial charge in [0.15, 0.2) is 5.82 Å². The highest BCUT2D eigenvalue weighted by Gasteiger charge is 2.14. The lowest BCUT2D eigenvalue weighted by molar-refractivity contribution is 0.517. The van der Waals surface area contributed by atoms with Crippen LogP contribution in [0.5, 0.6) is 0 Å². The standard InChI is InChI=1S/C13H18BrN5/c1-3-8-15-12(9-13-16-18-19(2)17-13)10-4-6-11(14)7-5-10/h4-7,12,15H,3,8-9H2,1-2H3. The molecule has 0 radical (unpaired) electrons. The first-order chi connectivity index (χ1) is 9.19. The molecule has 0 bridgehead atoms. The number of tetrazole rings is 1. The monoisotopic (exact) mass is 323 g/mol. The second-order valence-electron chi connectivity index (χ2n) is 4.46. The van der Waals surface area contributed by atoms with Crippen LogP contribution in [0.25, 0.3) is 0 Å². The summed E-state index contributed by atoms with van der Waals surface area (Å²) < 4.78 is 1.09. The molecule has 102 valence electrons. The van der Waals surface area contributed by atoms with E-state index in [2.05, 4.69) is 67.8 Å². The van der Waals surface area contributed by atoms with Crippen LogP contribution < -0.4 is 5.32 Å². The van der Waals surface area contributed by atoms with Gasteiger partial charge in [-0.05, 0) is 35.9 Å². The molecule has 1 unspecified atom stereocenters. The van der Waals surface area contributed by atoms with Gasteiger partial charge in [-0.15, -0.1) is 10.2 Å². The van der Waals surface area contributed by atoms with Crippen molar-refractivity contribution in [1.29, 1.82) is 0 Å². The van der Waals surface area contributed by atoms with E-state index >= 15 is 0 Å². The van der Waals surface area contributed by atoms with Crippen LogP contribution in [0, 0.1) is 0 Å². The van der Waals surface area contributed by atoms with Gasteiger partial charge in [0, 0.05) is 16.9 Å². The summed E-state index contributed by atoms with van der Waals surface area (Å²) in [6.45, 7) is 3.13. The smallest absolute Gasteiger partial charge is 0.176 e. The van der Waals surface area contributed by atoms with E-state index in [1.54, 1.807) is 7.05 Å². The first kappa shape index (κ1) is 14.1. The van der Waals surface area contributed by atoms with E-state index in [4.69, 9.17) is 0 Å². The van der Waals surface area contributed by atoms with Crippen molar-refractivity contribution < 1.29 is 0 Å². The first-order valence-electron chi connectivity index (χ1n) is 6.40. The molecule has 0 saturated heterocycles. The third-order valence-corrected chi connectivity index (χ3v) is 3.38. The van der Waals surface area contributed by atoms with Gasteiger partial charge in [-0.25, -0.2) is 0 Å². The van der Waals surface area contributed by atoms with Gasteiger partial charge in [0.05, 0.1) is 7.05 Å². The van der Waals surface area contributed by atoms with Crippen molar-refractivity contribution in [2.75, 3.05) is 6.54 Å². The van der Waals surface area contributed by atoms with Gasteiger partial charge in [-0.1, -0.05) is 35.0 Å². The van der Waals surface area contributed by atoms with Gasteiger partial charge in [-0.2, -0.15) is 4.80 Å². The Bertz CT molecular complexity index is 508. The van der Waals surface area contributed by atoms with Crippen molar-refractivity contribution in [3.63, 3.8) is 0 Å². The number of aromatic nitrogens is 4. The highest BCUT2D eigenvalue weighted by Crippen LogP contribution is 2.19. The molecule has 2 aromatic rings. The molecule has 1 aromatic carbocycles. The molecule has 0 amide bonds. The number of benzene rings is 1. The third-order valence-electron chi connectivity index (χ3n) is 2.85. The fourth-order valence-corrected chi connectivity index (χ4v) is 2.17. The Balaban J connectivity index is 2.13. The number of aryl methyl sites for hydroxylation is 1. The van der Waals surface area contributed by atoms with Crippen LogP contribution in [0.1, 0.15) is 30.8 Å². The largest absolute Gasteiger partial charge is 0.310 e. The number of hydrogen-bond donors (Lipinski definition) is 1. The minimum absolute atomic E-state index is 0.220. The van der Waals surface area contributed by atoms with Gasteiger partial charge >= 0.3 is 0 Å². The zero-order chi connectivity index (χ0) is 13.7. The van der Waals surface area contributed by atoms with Gasteiger partial charge < -0.3 is 5.32 Å². The van der Waals surface area contributed by atoms with Gasteiger partial charge in [0.1, 0.15) is 0 Å². The molecule has 1 atom stereocenters. The Hall–Kier alpha value is -1.27. The lowest BCUT2D eigenvalue weighted by atomic mass is 10.0. The SMILES string of the molecule is CCCNC(Cc1nnn(C)n1)c1ccc(Br)cc1. The van der Waals surface area contributed by atoms with Crippen molar-refractivity contribution in [3.05, 3.63) is 40.1 Å². The maximum absolute atomic E-state index is 4.25. The number of hydrogen-bond acceptors (Lipinski definition) is 4. The zero-order valence-corrected chi connectivity index (χ0v) is 12.8. The summed E-state index contributed by atoms with van der Waals surface area (Å²) in [5, 5.41) is 15.7. The van der Waals surface area contributed by atoms with E-state index in [-0.39, 0.29) is 6.04 Å². The summed E-state index contributed by atoms with van der Waals surface area (Å²) in [6, 6.07) is 8.57. The minimum atomic E-state index is 0.220.